The Labute approximate surface area is 215 Å². The van der Waals surface area contributed by atoms with E-state index in [1.54, 1.807) is 19.4 Å². The van der Waals surface area contributed by atoms with Gasteiger partial charge in [0.25, 0.3) is 0 Å². The van der Waals surface area contributed by atoms with Gasteiger partial charge in [-0.25, -0.2) is 0 Å². The van der Waals surface area contributed by atoms with Crippen LogP contribution in [0.5, 0.6) is 11.5 Å². The fraction of sp³-hybridized carbons (Fsp3) is 0.161. The highest BCUT2D eigenvalue weighted by Gasteiger charge is 2.16. The Balaban J connectivity index is 1.52. The van der Waals surface area contributed by atoms with Crippen LogP contribution in [0.25, 0.3) is 38.6 Å². The van der Waals surface area contributed by atoms with Gasteiger partial charge in [-0.2, -0.15) is 0 Å². The van der Waals surface area contributed by atoms with Crippen molar-refractivity contribution in [2.45, 2.75) is 20.8 Å². The minimum atomic E-state index is -0.224. The number of benzene rings is 3. The first-order valence-corrected chi connectivity index (χ1v) is 12.2. The first kappa shape index (κ1) is 24.1. The molecule has 0 aliphatic rings. The van der Waals surface area contributed by atoms with E-state index in [1.807, 2.05) is 87.5 Å². The van der Waals surface area contributed by atoms with E-state index in [-0.39, 0.29) is 5.91 Å². The number of carbonyl (C=O) groups is 1. The van der Waals surface area contributed by atoms with Crippen molar-refractivity contribution < 1.29 is 18.7 Å². The van der Waals surface area contributed by atoms with E-state index >= 15 is 0 Å². The van der Waals surface area contributed by atoms with Crippen molar-refractivity contribution in [2.75, 3.05) is 19.0 Å². The molecule has 0 aliphatic heterocycles. The van der Waals surface area contributed by atoms with Crippen LogP contribution in [0.3, 0.4) is 0 Å². The Hall–Kier alpha value is -4.58. The van der Waals surface area contributed by atoms with E-state index < -0.39 is 0 Å². The minimum absolute atomic E-state index is 0.224. The quantitative estimate of drug-likeness (QED) is 0.240. The summed E-state index contributed by atoms with van der Waals surface area (Å²) >= 11 is 0. The van der Waals surface area contributed by atoms with Crippen molar-refractivity contribution in [3.05, 3.63) is 90.3 Å². The molecule has 0 atom stereocenters. The molecule has 1 amide bonds. The fourth-order valence-corrected chi connectivity index (χ4v) is 4.49. The third-order valence-corrected chi connectivity index (χ3v) is 6.25. The number of rotatable bonds is 7. The lowest BCUT2D eigenvalue weighted by Crippen LogP contribution is -2.10. The number of fused-ring (bicyclic) bond motifs is 2. The van der Waals surface area contributed by atoms with E-state index in [0.717, 1.165) is 55.7 Å². The van der Waals surface area contributed by atoms with Gasteiger partial charge in [0.15, 0.2) is 0 Å². The summed E-state index contributed by atoms with van der Waals surface area (Å²) in [6.45, 7) is 6.25. The standard InChI is InChI=1S/C31H28N2O4/c1-5-36-29-17-30-25(26(18-37-30)21-10-12-22(35-4)13-11-21)16-24(29)19(2)14-31(34)33-28-15-20(3)32-27-9-7-6-8-23(27)28/h6-18H,5H2,1-4H3,(H,32,33,34)/b19-14+. The average Bonchev–Trinajstić information content (AvgIpc) is 3.31. The van der Waals surface area contributed by atoms with Gasteiger partial charge in [-0.3, -0.25) is 9.78 Å². The first-order valence-electron chi connectivity index (χ1n) is 12.2. The molecule has 186 valence electrons. The molecule has 0 bridgehead atoms. The molecule has 0 spiro atoms. The van der Waals surface area contributed by atoms with Crippen LogP contribution in [0, 0.1) is 6.92 Å². The zero-order valence-corrected chi connectivity index (χ0v) is 21.3. The zero-order chi connectivity index (χ0) is 25.9. The molecule has 0 aliphatic carbocycles. The highest BCUT2D eigenvalue weighted by molar-refractivity contribution is 6.09. The number of furan rings is 1. The van der Waals surface area contributed by atoms with Crippen molar-refractivity contribution in [3.8, 4) is 22.6 Å². The van der Waals surface area contributed by atoms with Crippen LogP contribution in [0.1, 0.15) is 25.1 Å². The normalized spacial score (nSPS) is 11.6. The molecule has 2 aromatic heterocycles. The molecule has 5 rings (SSSR count). The second-order valence-electron chi connectivity index (χ2n) is 8.80. The number of aryl methyl sites for hydroxylation is 1. The molecule has 1 N–H and O–H groups in total. The number of methoxy groups -OCH3 is 1. The highest BCUT2D eigenvalue weighted by Crippen LogP contribution is 2.38. The lowest BCUT2D eigenvalue weighted by molar-refractivity contribution is -0.111. The predicted molar refractivity (Wildman–Crippen MR) is 148 cm³/mol. The van der Waals surface area contributed by atoms with Gasteiger partial charge in [0.1, 0.15) is 17.1 Å². The highest BCUT2D eigenvalue weighted by atomic mass is 16.5. The van der Waals surface area contributed by atoms with Gasteiger partial charge in [0.2, 0.25) is 5.91 Å². The number of nitrogens with zero attached hydrogens (tertiary/aromatic N) is 1. The number of hydrogen-bond acceptors (Lipinski definition) is 5. The number of carbonyl (C=O) groups excluding carboxylic acids is 1. The molecule has 3 aromatic carbocycles. The Bertz CT molecular complexity index is 1630. The topological polar surface area (TPSA) is 73.6 Å². The van der Waals surface area contributed by atoms with Crippen LogP contribution in [0.2, 0.25) is 0 Å². The SMILES string of the molecule is CCOc1cc2occ(-c3ccc(OC)cc3)c2cc1/C(C)=C/C(=O)Nc1cc(C)nc2ccccc12. The molecule has 0 saturated carbocycles. The summed E-state index contributed by atoms with van der Waals surface area (Å²) in [5.41, 5.74) is 6.70. The predicted octanol–water partition coefficient (Wildman–Crippen LogP) is 7.41. The lowest BCUT2D eigenvalue weighted by Gasteiger charge is -2.12. The molecule has 6 heteroatoms. The number of pyridine rings is 1. The summed E-state index contributed by atoms with van der Waals surface area (Å²) in [6.07, 6.45) is 3.34. The van der Waals surface area contributed by atoms with E-state index in [0.29, 0.717) is 17.9 Å². The second kappa shape index (κ2) is 10.2. The number of para-hydroxylation sites is 1. The van der Waals surface area contributed by atoms with E-state index in [4.69, 9.17) is 13.9 Å². The Morgan fingerprint density at radius 2 is 1.84 bits per heavy atom. The van der Waals surface area contributed by atoms with Crippen molar-refractivity contribution in [1.29, 1.82) is 0 Å². The zero-order valence-electron chi connectivity index (χ0n) is 21.3. The monoisotopic (exact) mass is 492 g/mol. The number of ether oxygens (including phenoxy) is 2. The average molecular weight is 493 g/mol. The minimum Gasteiger partial charge on any atom is -0.497 e. The summed E-state index contributed by atoms with van der Waals surface area (Å²) in [6, 6.07) is 21.4. The van der Waals surface area contributed by atoms with E-state index in [1.165, 1.54) is 0 Å². The number of amides is 1. The molecule has 0 fully saturated rings. The maximum Gasteiger partial charge on any atom is 0.248 e. The van der Waals surface area contributed by atoms with Gasteiger partial charge in [-0.1, -0.05) is 30.3 Å². The van der Waals surface area contributed by atoms with Gasteiger partial charge in [-0.05, 0) is 62.2 Å². The molecular weight excluding hydrogens is 464 g/mol. The van der Waals surface area contributed by atoms with Crippen LogP contribution in [-0.4, -0.2) is 24.6 Å². The number of allylic oxidation sites excluding steroid dienone is 1. The van der Waals surface area contributed by atoms with Crippen LogP contribution in [0.15, 0.2) is 83.5 Å². The Kier molecular flexibility index (Phi) is 6.64. The van der Waals surface area contributed by atoms with Crippen molar-refractivity contribution >= 4 is 39.0 Å². The fourth-order valence-electron chi connectivity index (χ4n) is 4.49. The van der Waals surface area contributed by atoms with Gasteiger partial charge >= 0.3 is 0 Å². The summed E-state index contributed by atoms with van der Waals surface area (Å²) in [4.78, 5) is 17.7. The number of anilines is 1. The maximum absolute atomic E-state index is 13.1. The van der Waals surface area contributed by atoms with Gasteiger partial charge in [0.05, 0.1) is 31.2 Å². The summed E-state index contributed by atoms with van der Waals surface area (Å²) in [5, 5.41) is 4.86. The van der Waals surface area contributed by atoms with E-state index in [2.05, 4.69) is 10.3 Å². The third kappa shape index (κ3) is 4.91. The second-order valence-corrected chi connectivity index (χ2v) is 8.80. The molecule has 5 aromatic rings. The molecule has 0 radical (unpaired) electrons. The van der Waals surface area contributed by atoms with E-state index in [9.17, 15) is 4.79 Å². The van der Waals surface area contributed by atoms with Crippen molar-refractivity contribution in [1.82, 2.24) is 4.98 Å². The van der Waals surface area contributed by atoms with Gasteiger partial charge in [-0.15, -0.1) is 0 Å². The Morgan fingerprint density at radius 3 is 2.59 bits per heavy atom. The molecule has 2 heterocycles. The molecule has 0 saturated heterocycles. The summed E-state index contributed by atoms with van der Waals surface area (Å²) in [5.74, 6) is 1.23. The summed E-state index contributed by atoms with van der Waals surface area (Å²) in [7, 11) is 1.65. The number of hydrogen-bond donors (Lipinski definition) is 1. The third-order valence-electron chi connectivity index (χ3n) is 6.25. The smallest absolute Gasteiger partial charge is 0.248 e. The van der Waals surface area contributed by atoms with Gasteiger partial charge < -0.3 is 19.2 Å². The van der Waals surface area contributed by atoms with Crippen molar-refractivity contribution in [2.24, 2.45) is 0 Å². The van der Waals surface area contributed by atoms with Crippen LogP contribution < -0.4 is 14.8 Å². The molecule has 0 unspecified atom stereocenters. The van der Waals surface area contributed by atoms with Crippen LogP contribution in [0.4, 0.5) is 5.69 Å². The van der Waals surface area contributed by atoms with Crippen molar-refractivity contribution in [3.63, 3.8) is 0 Å². The van der Waals surface area contributed by atoms with Gasteiger partial charge in [0, 0.05) is 39.7 Å². The number of aromatic nitrogens is 1. The largest absolute Gasteiger partial charge is 0.497 e. The molecular formula is C31H28N2O4. The molecule has 6 nitrogen and oxygen atoms in total. The Morgan fingerprint density at radius 1 is 1.05 bits per heavy atom. The molecule has 37 heavy (non-hydrogen) atoms. The number of nitrogens with one attached hydrogen (secondary N) is 1. The summed E-state index contributed by atoms with van der Waals surface area (Å²) < 4.78 is 17.1. The maximum atomic E-state index is 13.1. The van der Waals surface area contributed by atoms with Crippen LogP contribution >= 0.6 is 0 Å². The van der Waals surface area contributed by atoms with Crippen LogP contribution in [-0.2, 0) is 4.79 Å². The lowest BCUT2D eigenvalue weighted by atomic mass is 9.99. The first-order chi connectivity index (χ1) is 18.0.